The summed E-state index contributed by atoms with van der Waals surface area (Å²) in [4.78, 5) is 17.5. The molecule has 3 atom stereocenters. The van der Waals surface area contributed by atoms with Gasteiger partial charge in [-0.15, -0.1) is 11.3 Å². The highest BCUT2D eigenvalue weighted by Crippen LogP contribution is 2.30. The van der Waals surface area contributed by atoms with Crippen LogP contribution in [0, 0.1) is 0 Å². The summed E-state index contributed by atoms with van der Waals surface area (Å²) in [6.45, 7) is 0. The van der Waals surface area contributed by atoms with Crippen molar-refractivity contribution < 1.29 is 9.90 Å². The molecule has 1 aromatic heterocycles. The Morgan fingerprint density at radius 3 is 2.82 bits per heavy atom. The second-order valence-corrected chi connectivity index (χ2v) is 6.97. The average molecular weight is 315 g/mol. The Bertz CT molecular complexity index is 698. The van der Waals surface area contributed by atoms with Crippen LogP contribution in [0.3, 0.4) is 0 Å². The number of fused-ring (bicyclic) bond motifs is 2. The SMILES string of the molecule is O=C(NC1CC2CCC1N2)c1ncc(-c2ccc(O)cc2)s1. The molecule has 0 aliphatic carbocycles. The molecule has 0 spiro atoms. The molecule has 2 aromatic rings. The van der Waals surface area contributed by atoms with E-state index in [1.165, 1.54) is 17.8 Å². The molecular weight excluding hydrogens is 298 g/mol. The predicted octanol–water partition coefficient (Wildman–Crippen LogP) is 2.14. The van der Waals surface area contributed by atoms with Gasteiger partial charge in [0, 0.05) is 24.3 Å². The molecule has 1 amide bonds. The van der Waals surface area contributed by atoms with Gasteiger partial charge >= 0.3 is 0 Å². The first kappa shape index (κ1) is 13.7. The van der Waals surface area contributed by atoms with Crippen molar-refractivity contribution in [2.45, 2.75) is 37.4 Å². The second kappa shape index (κ2) is 5.37. The zero-order valence-electron chi connectivity index (χ0n) is 12.0. The number of phenols is 1. The zero-order valence-corrected chi connectivity index (χ0v) is 12.8. The minimum Gasteiger partial charge on any atom is -0.508 e. The molecule has 2 aliphatic rings. The minimum atomic E-state index is -0.0885. The standard InChI is InChI=1S/C16H17N3O2S/c20-11-4-1-9(2-5-11)14-8-17-16(22-14)15(21)19-13-7-10-3-6-12(13)18-10/h1-2,4-5,8,10,12-13,18,20H,3,6-7H2,(H,19,21). The van der Waals surface area contributed by atoms with Crippen LogP contribution >= 0.6 is 11.3 Å². The van der Waals surface area contributed by atoms with Crippen LogP contribution in [-0.2, 0) is 0 Å². The molecule has 114 valence electrons. The van der Waals surface area contributed by atoms with Gasteiger partial charge in [-0.3, -0.25) is 4.79 Å². The Morgan fingerprint density at radius 2 is 2.14 bits per heavy atom. The third-order valence-corrected chi connectivity index (χ3v) is 5.51. The number of amides is 1. The summed E-state index contributed by atoms with van der Waals surface area (Å²) in [7, 11) is 0. The van der Waals surface area contributed by atoms with E-state index >= 15 is 0 Å². The normalized spacial score (nSPS) is 26.3. The number of aromatic hydroxyl groups is 1. The molecule has 3 unspecified atom stereocenters. The van der Waals surface area contributed by atoms with E-state index in [9.17, 15) is 9.90 Å². The first-order valence-corrected chi connectivity index (χ1v) is 8.33. The van der Waals surface area contributed by atoms with E-state index in [-0.39, 0.29) is 17.7 Å². The van der Waals surface area contributed by atoms with Crippen LogP contribution in [0.2, 0.25) is 0 Å². The van der Waals surface area contributed by atoms with Crippen LogP contribution in [0.25, 0.3) is 10.4 Å². The number of nitrogens with zero attached hydrogens (tertiary/aromatic N) is 1. The lowest BCUT2D eigenvalue weighted by atomic mass is 9.95. The van der Waals surface area contributed by atoms with E-state index in [0.717, 1.165) is 23.3 Å². The maximum absolute atomic E-state index is 12.3. The van der Waals surface area contributed by atoms with Crippen molar-refractivity contribution in [3.05, 3.63) is 35.5 Å². The molecule has 3 N–H and O–H groups in total. The number of benzene rings is 1. The molecule has 2 bridgehead atoms. The molecule has 3 heterocycles. The Balaban J connectivity index is 1.46. The largest absolute Gasteiger partial charge is 0.508 e. The number of aromatic nitrogens is 1. The maximum Gasteiger partial charge on any atom is 0.280 e. The lowest BCUT2D eigenvalue weighted by molar-refractivity contribution is 0.0930. The second-order valence-electron chi connectivity index (χ2n) is 5.94. The van der Waals surface area contributed by atoms with Crippen LogP contribution in [0.5, 0.6) is 5.75 Å². The van der Waals surface area contributed by atoms with Crippen molar-refractivity contribution in [3.8, 4) is 16.2 Å². The van der Waals surface area contributed by atoms with E-state index < -0.39 is 0 Å². The van der Waals surface area contributed by atoms with Gasteiger partial charge in [0.05, 0.1) is 4.88 Å². The molecule has 5 nitrogen and oxygen atoms in total. The predicted molar refractivity (Wildman–Crippen MR) is 85.0 cm³/mol. The van der Waals surface area contributed by atoms with E-state index in [0.29, 0.717) is 17.1 Å². The van der Waals surface area contributed by atoms with E-state index in [1.807, 2.05) is 12.1 Å². The third kappa shape index (κ3) is 2.48. The van der Waals surface area contributed by atoms with Gasteiger partial charge in [0.2, 0.25) is 0 Å². The van der Waals surface area contributed by atoms with E-state index in [1.54, 1.807) is 18.3 Å². The summed E-state index contributed by atoms with van der Waals surface area (Å²) in [6.07, 6.45) is 5.10. The molecule has 2 saturated heterocycles. The number of nitrogens with one attached hydrogen (secondary N) is 2. The number of rotatable bonds is 3. The van der Waals surface area contributed by atoms with Crippen molar-refractivity contribution in [2.75, 3.05) is 0 Å². The first-order chi connectivity index (χ1) is 10.7. The van der Waals surface area contributed by atoms with Gasteiger partial charge in [0.25, 0.3) is 5.91 Å². The number of hydrogen-bond donors (Lipinski definition) is 3. The number of thiazole rings is 1. The van der Waals surface area contributed by atoms with Gasteiger partial charge in [-0.25, -0.2) is 4.98 Å². The molecule has 0 saturated carbocycles. The summed E-state index contributed by atoms with van der Waals surface area (Å²) < 4.78 is 0. The molecule has 1 aromatic carbocycles. The van der Waals surface area contributed by atoms with E-state index in [4.69, 9.17) is 0 Å². The highest BCUT2D eigenvalue weighted by atomic mass is 32.1. The van der Waals surface area contributed by atoms with Crippen LogP contribution in [0.4, 0.5) is 0 Å². The molecule has 4 rings (SSSR count). The highest BCUT2D eigenvalue weighted by molar-refractivity contribution is 7.16. The summed E-state index contributed by atoms with van der Waals surface area (Å²) in [5.41, 5.74) is 0.955. The van der Waals surface area contributed by atoms with Crippen molar-refractivity contribution >= 4 is 17.2 Å². The first-order valence-electron chi connectivity index (χ1n) is 7.51. The van der Waals surface area contributed by atoms with Crippen LogP contribution < -0.4 is 10.6 Å². The van der Waals surface area contributed by atoms with Crippen molar-refractivity contribution in [3.63, 3.8) is 0 Å². The lowest BCUT2D eigenvalue weighted by Gasteiger charge is -2.20. The van der Waals surface area contributed by atoms with Crippen molar-refractivity contribution in [1.82, 2.24) is 15.6 Å². The molecule has 2 aliphatic heterocycles. The smallest absolute Gasteiger partial charge is 0.280 e. The fourth-order valence-electron chi connectivity index (χ4n) is 3.35. The Labute approximate surface area is 132 Å². The monoisotopic (exact) mass is 315 g/mol. The van der Waals surface area contributed by atoms with Crippen molar-refractivity contribution in [2.24, 2.45) is 0 Å². The number of carbonyl (C=O) groups is 1. The fraction of sp³-hybridized carbons (Fsp3) is 0.375. The zero-order chi connectivity index (χ0) is 15.1. The van der Waals surface area contributed by atoms with Gasteiger partial charge in [0.1, 0.15) is 5.75 Å². The minimum absolute atomic E-state index is 0.0885. The summed E-state index contributed by atoms with van der Waals surface area (Å²) in [5.74, 6) is 0.143. The fourth-order valence-corrected chi connectivity index (χ4v) is 4.18. The summed E-state index contributed by atoms with van der Waals surface area (Å²) in [6, 6.07) is 8.14. The number of carbonyl (C=O) groups excluding carboxylic acids is 1. The van der Waals surface area contributed by atoms with Crippen LogP contribution in [-0.4, -0.2) is 34.1 Å². The number of phenolic OH excluding ortho intramolecular Hbond substituents is 1. The molecule has 2 fully saturated rings. The maximum atomic E-state index is 12.3. The van der Waals surface area contributed by atoms with Crippen molar-refractivity contribution in [1.29, 1.82) is 0 Å². The molecule has 6 heteroatoms. The lowest BCUT2D eigenvalue weighted by Crippen LogP contribution is -2.42. The Hall–Kier alpha value is -1.92. The van der Waals surface area contributed by atoms with Gasteiger partial charge in [0.15, 0.2) is 5.01 Å². The van der Waals surface area contributed by atoms with Gasteiger partial charge in [-0.05, 0) is 49.1 Å². The molecular formula is C16H17N3O2S. The number of hydrogen-bond acceptors (Lipinski definition) is 5. The molecule has 22 heavy (non-hydrogen) atoms. The van der Waals surface area contributed by atoms with E-state index in [2.05, 4.69) is 15.6 Å². The highest BCUT2D eigenvalue weighted by Gasteiger charge is 2.39. The average Bonchev–Trinajstić information content (AvgIpc) is 3.24. The Morgan fingerprint density at radius 1 is 1.32 bits per heavy atom. The summed E-state index contributed by atoms with van der Waals surface area (Å²) in [5, 5.41) is 16.4. The van der Waals surface area contributed by atoms with Gasteiger partial charge in [-0.1, -0.05) is 0 Å². The van der Waals surface area contributed by atoms with Gasteiger partial charge < -0.3 is 15.7 Å². The molecule has 0 radical (unpaired) electrons. The topological polar surface area (TPSA) is 74.2 Å². The van der Waals surface area contributed by atoms with Crippen LogP contribution in [0.15, 0.2) is 30.5 Å². The van der Waals surface area contributed by atoms with Crippen LogP contribution in [0.1, 0.15) is 29.1 Å². The third-order valence-electron chi connectivity index (χ3n) is 4.47. The quantitative estimate of drug-likeness (QED) is 0.811. The van der Waals surface area contributed by atoms with Gasteiger partial charge in [-0.2, -0.15) is 0 Å². The summed E-state index contributed by atoms with van der Waals surface area (Å²) >= 11 is 1.38. The Kier molecular flexibility index (Phi) is 3.35.